The van der Waals surface area contributed by atoms with Crippen molar-refractivity contribution in [1.82, 2.24) is 4.98 Å². The maximum absolute atomic E-state index is 12.8. The van der Waals surface area contributed by atoms with Gasteiger partial charge in [-0.1, -0.05) is 12.1 Å². The number of nitrogens with zero attached hydrogens (tertiary/aromatic N) is 5. The van der Waals surface area contributed by atoms with Crippen LogP contribution in [0.1, 0.15) is 12.5 Å². The van der Waals surface area contributed by atoms with E-state index in [2.05, 4.69) is 20.3 Å². The van der Waals surface area contributed by atoms with Gasteiger partial charge in [0.2, 0.25) is 0 Å². The summed E-state index contributed by atoms with van der Waals surface area (Å²) < 4.78 is 35.6. The number of amides is 1. The third kappa shape index (κ3) is 5.35. The number of hydrazone groups is 1. The maximum atomic E-state index is 12.8. The van der Waals surface area contributed by atoms with E-state index in [0.717, 1.165) is 16.9 Å². The summed E-state index contributed by atoms with van der Waals surface area (Å²) in [5.41, 5.74) is 9.47. The van der Waals surface area contributed by atoms with E-state index >= 15 is 0 Å². The minimum atomic E-state index is -4.64. The van der Waals surface area contributed by atoms with Gasteiger partial charge >= 0.3 is 29.6 Å². The van der Waals surface area contributed by atoms with Crippen molar-refractivity contribution in [2.45, 2.75) is 24.8 Å². The van der Waals surface area contributed by atoms with Gasteiger partial charge in [0.05, 0.1) is 32.2 Å². The van der Waals surface area contributed by atoms with E-state index in [-0.39, 0.29) is 40.4 Å². The van der Waals surface area contributed by atoms with Crippen molar-refractivity contribution in [2.75, 3.05) is 10.7 Å². The quantitative estimate of drug-likeness (QED) is 0.175. The number of carbonyl (C=O) groups is 1. The first-order valence-electron chi connectivity index (χ1n) is 10.7. The predicted molar refractivity (Wildman–Crippen MR) is 138 cm³/mol. The third-order valence-electron chi connectivity index (χ3n) is 5.57. The Morgan fingerprint density at radius 3 is 2.49 bits per heavy atom. The summed E-state index contributed by atoms with van der Waals surface area (Å²) >= 11 is 1.14. The van der Waals surface area contributed by atoms with Crippen LogP contribution in [0.3, 0.4) is 0 Å². The molecule has 13 heteroatoms. The molecule has 0 saturated heterocycles. The second kappa shape index (κ2) is 10.4. The number of aryl methyl sites for hydroxylation is 1. The van der Waals surface area contributed by atoms with Crippen LogP contribution in [0.25, 0.3) is 20.8 Å². The molecule has 1 amide bonds. The Bertz CT molecular complexity index is 1680. The molecular weight excluding hydrogens is 523 g/mol. The first-order valence-corrected chi connectivity index (χ1v) is 13.0. The van der Waals surface area contributed by atoms with Crippen molar-refractivity contribution >= 4 is 60.4 Å². The van der Waals surface area contributed by atoms with Crippen LogP contribution in [0.5, 0.6) is 0 Å². The number of nitrogen functional groups attached to an aromatic ring is 1. The SMILES string of the molecule is CC1=NN(c2cccc(N)c2)C(=O)C1N=Nc1ccc(-c2nc3ccc(C)c(S(=O)(=O)[O-])c3s2)cc1.[Na+]. The number of nitrogens with two attached hydrogens (primary N) is 1. The fraction of sp³-hybridized carbons (Fsp3) is 0.125. The predicted octanol–water partition coefficient (Wildman–Crippen LogP) is 1.64. The summed E-state index contributed by atoms with van der Waals surface area (Å²) in [6.07, 6.45) is 0. The van der Waals surface area contributed by atoms with E-state index in [0.29, 0.717) is 43.6 Å². The van der Waals surface area contributed by atoms with Gasteiger partial charge in [-0.2, -0.15) is 20.3 Å². The van der Waals surface area contributed by atoms with Crippen LogP contribution in [0.15, 0.2) is 80.9 Å². The number of hydrogen-bond donors (Lipinski definition) is 1. The first-order chi connectivity index (χ1) is 17.1. The minimum absolute atomic E-state index is 0. The van der Waals surface area contributed by atoms with Crippen LogP contribution in [-0.4, -0.2) is 35.6 Å². The summed E-state index contributed by atoms with van der Waals surface area (Å²) in [5.74, 6) is -0.327. The zero-order valence-corrected chi connectivity index (χ0v) is 23.7. The number of benzene rings is 3. The number of azo groups is 1. The molecule has 37 heavy (non-hydrogen) atoms. The zero-order chi connectivity index (χ0) is 25.6. The van der Waals surface area contributed by atoms with Gasteiger partial charge in [0, 0.05) is 11.3 Å². The van der Waals surface area contributed by atoms with E-state index in [1.165, 1.54) is 5.01 Å². The van der Waals surface area contributed by atoms with Crippen molar-refractivity contribution in [3.63, 3.8) is 0 Å². The molecule has 4 aromatic rings. The van der Waals surface area contributed by atoms with Crippen LogP contribution in [-0.2, 0) is 14.9 Å². The number of thiazole rings is 1. The smallest absolute Gasteiger partial charge is 0.744 e. The molecule has 0 spiro atoms. The number of carbonyl (C=O) groups excluding carboxylic acids is 1. The fourth-order valence-electron chi connectivity index (χ4n) is 3.83. The Labute approximate surface area is 239 Å². The van der Waals surface area contributed by atoms with Gasteiger partial charge in [0.25, 0.3) is 5.91 Å². The molecule has 2 heterocycles. The van der Waals surface area contributed by atoms with Crippen molar-refractivity contribution in [2.24, 2.45) is 15.3 Å². The second-order valence-corrected chi connectivity index (χ2v) is 10.5. The number of aromatic nitrogens is 1. The van der Waals surface area contributed by atoms with Gasteiger partial charge in [-0.3, -0.25) is 4.79 Å². The second-order valence-electron chi connectivity index (χ2n) is 8.18. The van der Waals surface area contributed by atoms with Crippen molar-refractivity contribution in [1.29, 1.82) is 0 Å². The molecule has 0 fully saturated rings. The Morgan fingerprint density at radius 1 is 1.08 bits per heavy atom. The number of anilines is 2. The number of rotatable bonds is 5. The largest absolute Gasteiger partial charge is 1.00 e. The van der Waals surface area contributed by atoms with Crippen LogP contribution >= 0.6 is 11.3 Å². The van der Waals surface area contributed by atoms with Crippen LogP contribution in [0, 0.1) is 6.92 Å². The Morgan fingerprint density at radius 2 is 1.81 bits per heavy atom. The van der Waals surface area contributed by atoms with Crippen LogP contribution < -0.4 is 40.3 Å². The molecule has 1 aromatic heterocycles. The van der Waals surface area contributed by atoms with Crippen LogP contribution in [0.4, 0.5) is 17.1 Å². The molecule has 2 N–H and O–H groups in total. The first kappa shape index (κ1) is 27.0. The molecule has 1 atom stereocenters. The summed E-state index contributed by atoms with van der Waals surface area (Å²) in [7, 11) is -4.64. The maximum Gasteiger partial charge on any atom is 1.00 e. The molecule has 1 aliphatic heterocycles. The molecule has 1 aliphatic rings. The Hall–Kier alpha value is -3.00. The van der Waals surface area contributed by atoms with E-state index in [1.807, 2.05) is 0 Å². The number of hydrogen-bond acceptors (Lipinski definition) is 10. The molecule has 3 aromatic carbocycles. The molecule has 0 saturated carbocycles. The van der Waals surface area contributed by atoms with Gasteiger partial charge in [0.15, 0.2) is 6.04 Å². The molecule has 0 radical (unpaired) electrons. The molecule has 1 unspecified atom stereocenters. The molecule has 182 valence electrons. The summed E-state index contributed by atoms with van der Waals surface area (Å²) in [4.78, 5) is 17.1. The minimum Gasteiger partial charge on any atom is -0.744 e. The molecule has 5 rings (SSSR count). The van der Waals surface area contributed by atoms with Gasteiger partial charge in [-0.25, -0.2) is 13.4 Å². The van der Waals surface area contributed by atoms with E-state index in [1.54, 1.807) is 74.5 Å². The molecule has 10 nitrogen and oxygen atoms in total. The topological polar surface area (TPSA) is 154 Å². The van der Waals surface area contributed by atoms with E-state index < -0.39 is 16.2 Å². The van der Waals surface area contributed by atoms with Crippen LogP contribution in [0.2, 0.25) is 0 Å². The number of fused-ring (bicyclic) bond motifs is 1. The normalized spacial score (nSPS) is 15.9. The van der Waals surface area contributed by atoms with E-state index in [4.69, 9.17) is 5.73 Å². The summed E-state index contributed by atoms with van der Waals surface area (Å²) in [6, 6.07) is 16.2. The third-order valence-corrected chi connectivity index (χ3v) is 7.87. The van der Waals surface area contributed by atoms with Crippen molar-refractivity contribution in [3.05, 3.63) is 66.2 Å². The van der Waals surface area contributed by atoms with Gasteiger partial charge in [-0.05, 0) is 67.9 Å². The van der Waals surface area contributed by atoms with E-state index in [9.17, 15) is 17.8 Å². The van der Waals surface area contributed by atoms with Crippen molar-refractivity contribution in [3.8, 4) is 10.6 Å². The summed E-state index contributed by atoms with van der Waals surface area (Å²) in [5, 5.41) is 14.5. The molecule has 0 bridgehead atoms. The Balaban J connectivity index is 0.00000320. The van der Waals surface area contributed by atoms with Gasteiger partial charge in [0.1, 0.15) is 15.1 Å². The summed E-state index contributed by atoms with van der Waals surface area (Å²) in [6.45, 7) is 3.29. The molecule has 0 aliphatic carbocycles. The monoisotopic (exact) mass is 542 g/mol. The van der Waals surface area contributed by atoms with Gasteiger partial charge < -0.3 is 10.3 Å². The average Bonchev–Trinajstić information content (AvgIpc) is 3.37. The Kier molecular flexibility index (Phi) is 7.60. The fourth-order valence-corrected chi connectivity index (χ4v) is 6.11. The molecular formula is C24H19N6NaO4S2. The van der Waals surface area contributed by atoms with Crippen molar-refractivity contribution < 1.29 is 47.3 Å². The average molecular weight is 543 g/mol. The zero-order valence-electron chi connectivity index (χ0n) is 20.1. The van der Waals surface area contributed by atoms with Gasteiger partial charge in [-0.15, -0.1) is 11.3 Å². The standard InChI is InChI=1S/C24H20N6O4S2.Na/c1-13-6-11-19-21(22(13)36(32,33)34)35-23(26-19)15-7-9-17(10-8-15)27-28-20-14(2)29-30(24(20)31)18-5-3-4-16(25)12-18;/h3-12,20H,25H2,1-2H3,(H,32,33,34);/q;+1/p-1.